The number of likely N-dealkylation sites (N-methyl/N-ethyl adjacent to an activating group) is 1. The Balaban J connectivity index is 1.52. The second kappa shape index (κ2) is 6.56. The van der Waals surface area contributed by atoms with Crippen LogP contribution in [-0.4, -0.2) is 63.2 Å². The Morgan fingerprint density at radius 3 is 2.83 bits per heavy atom. The molecule has 9 nitrogen and oxygen atoms in total. The van der Waals surface area contributed by atoms with Crippen LogP contribution in [0.4, 0.5) is 11.4 Å². The normalized spacial score (nSPS) is 17.1. The van der Waals surface area contributed by atoms with Crippen LogP contribution in [0.1, 0.15) is 6.42 Å². The quantitative estimate of drug-likeness (QED) is 0.409. The topological polar surface area (TPSA) is 107 Å². The van der Waals surface area contributed by atoms with Crippen LogP contribution in [0.15, 0.2) is 36.4 Å². The molecule has 0 spiro atoms. The Morgan fingerprint density at radius 1 is 1.21 bits per heavy atom. The third-order valence-electron chi connectivity index (χ3n) is 5.71. The molecule has 2 N–H and O–H groups in total. The van der Waals surface area contributed by atoms with Crippen molar-refractivity contribution in [2.24, 2.45) is 0 Å². The Hall–Kier alpha value is -3.46. The third-order valence-corrected chi connectivity index (χ3v) is 5.71. The Labute approximate surface area is 166 Å². The highest BCUT2D eigenvalue weighted by Gasteiger charge is 2.24. The highest BCUT2D eigenvalue weighted by Crippen LogP contribution is 2.31. The summed E-state index contributed by atoms with van der Waals surface area (Å²) in [4.78, 5) is 23.4. The zero-order chi connectivity index (χ0) is 20.1. The molecule has 2 aromatic carbocycles. The molecule has 9 heteroatoms. The number of imidazole rings is 1. The van der Waals surface area contributed by atoms with E-state index in [4.69, 9.17) is 0 Å². The fourth-order valence-corrected chi connectivity index (χ4v) is 4.00. The SMILES string of the molecule is CN(C)C1CCN(c2ccc3nc(-c4n[nH]c5ccc([N+](=O)[O-])cc45)[nH]c3c2)C1. The fraction of sp³-hybridized carbons (Fsp3) is 0.300. The van der Waals surface area contributed by atoms with Gasteiger partial charge in [-0.25, -0.2) is 4.98 Å². The first kappa shape index (κ1) is 17.6. The van der Waals surface area contributed by atoms with E-state index in [-0.39, 0.29) is 5.69 Å². The number of nitrogens with one attached hydrogen (secondary N) is 2. The minimum atomic E-state index is -0.405. The summed E-state index contributed by atoms with van der Waals surface area (Å²) in [5, 5.41) is 19.1. The Bertz CT molecular complexity index is 1230. The van der Waals surface area contributed by atoms with Crippen LogP contribution in [0, 0.1) is 10.1 Å². The predicted molar refractivity (Wildman–Crippen MR) is 112 cm³/mol. The van der Waals surface area contributed by atoms with Gasteiger partial charge in [-0.1, -0.05) is 0 Å². The van der Waals surface area contributed by atoms with Crippen molar-refractivity contribution in [1.29, 1.82) is 0 Å². The predicted octanol–water partition coefficient (Wildman–Crippen LogP) is 3.15. The Morgan fingerprint density at radius 2 is 2.07 bits per heavy atom. The van der Waals surface area contributed by atoms with E-state index in [9.17, 15) is 10.1 Å². The van der Waals surface area contributed by atoms with Gasteiger partial charge in [-0.15, -0.1) is 0 Å². The molecule has 4 aromatic rings. The number of anilines is 1. The molecule has 1 saturated heterocycles. The van der Waals surface area contributed by atoms with Crippen LogP contribution >= 0.6 is 0 Å². The summed E-state index contributed by atoms with van der Waals surface area (Å²) in [5.74, 6) is 0.594. The summed E-state index contributed by atoms with van der Waals surface area (Å²) in [7, 11) is 4.24. The van der Waals surface area contributed by atoms with Gasteiger partial charge >= 0.3 is 0 Å². The van der Waals surface area contributed by atoms with Crippen LogP contribution in [0.3, 0.4) is 0 Å². The summed E-state index contributed by atoms with van der Waals surface area (Å²) in [6.45, 7) is 2.04. The lowest BCUT2D eigenvalue weighted by Gasteiger charge is -2.21. The summed E-state index contributed by atoms with van der Waals surface area (Å²) in [6.07, 6.45) is 1.15. The molecular weight excluding hydrogens is 370 g/mol. The van der Waals surface area contributed by atoms with Crippen molar-refractivity contribution in [2.45, 2.75) is 12.5 Å². The highest BCUT2D eigenvalue weighted by atomic mass is 16.6. The van der Waals surface area contributed by atoms with Crippen molar-refractivity contribution in [2.75, 3.05) is 32.1 Å². The van der Waals surface area contributed by atoms with Gasteiger partial charge in [0.05, 0.1) is 21.5 Å². The third kappa shape index (κ3) is 2.99. The van der Waals surface area contributed by atoms with Crippen LogP contribution in [0.25, 0.3) is 33.5 Å². The maximum atomic E-state index is 11.1. The number of benzene rings is 2. The second-order valence-corrected chi connectivity index (χ2v) is 7.70. The van der Waals surface area contributed by atoms with E-state index >= 15 is 0 Å². The van der Waals surface area contributed by atoms with Crippen molar-refractivity contribution in [1.82, 2.24) is 25.1 Å². The molecular formula is C20H21N7O2. The molecule has 148 valence electrons. The molecule has 0 amide bonds. The van der Waals surface area contributed by atoms with Gasteiger partial charge in [0.15, 0.2) is 5.82 Å². The molecule has 0 radical (unpaired) electrons. The van der Waals surface area contributed by atoms with Crippen LogP contribution in [0.2, 0.25) is 0 Å². The van der Waals surface area contributed by atoms with E-state index in [1.807, 2.05) is 6.07 Å². The number of nitro groups is 1. The minimum absolute atomic E-state index is 0.0306. The largest absolute Gasteiger partial charge is 0.370 e. The maximum absolute atomic E-state index is 11.1. The smallest absolute Gasteiger partial charge is 0.270 e. The maximum Gasteiger partial charge on any atom is 0.270 e. The van der Waals surface area contributed by atoms with Gasteiger partial charge in [-0.2, -0.15) is 5.10 Å². The molecule has 1 fully saturated rings. The van der Waals surface area contributed by atoms with E-state index in [1.165, 1.54) is 17.8 Å². The van der Waals surface area contributed by atoms with Crippen LogP contribution in [-0.2, 0) is 0 Å². The van der Waals surface area contributed by atoms with Crippen molar-refractivity contribution in [3.8, 4) is 11.5 Å². The summed E-state index contributed by atoms with van der Waals surface area (Å²) in [6, 6.07) is 11.4. The van der Waals surface area contributed by atoms with Gasteiger partial charge < -0.3 is 14.8 Å². The number of non-ortho nitro benzene ring substituents is 1. The first-order valence-corrected chi connectivity index (χ1v) is 9.53. The van der Waals surface area contributed by atoms with Gasteiger partial charge in [0.1, 0.15) is 5.69 Å². The average Bonchev–Trinajstić information content (AvgIpc) is 3.43. The van der Waals surface area contributed by atoms with E-state index in [0.717, 1.165) is 36.1 Å². The van der Waals surface area contributed by atoms with Crippen LogP contribution in [0.5, 0.6) is 0 Å². The molecule has 1 aliphatic heterocycles. The molecule has 29 heavy (non-hydrogen) atoms. The number of aromatic nitrogens is 4. The number of nitrogens with zero attached hydrogens (tertiary/aromatic N) is 5. The van der Waals surface area contributed by atoms with Crippen molar-refractivity contribution in [3.63, 3.8) is 0 Å². The molecule has 2 aromatic heterocycles. The zero-order valence-electron chi connectivity index (χ0n) is 16.2. The summed E-state index contributed by atoms with van der Waals surface area (Å²) >= 11 is 0. The monoisotopic (exact) mass is 391 g/mol. The number of fused-ring (bicyclic) bond motifs is 2. The molecule has 1 aliphatic rings. The summed E-state index contributed by atoms with van der Waals surface area (Å²) < 4.78 is 0. The summed E-state index contributed by atoms with van der Waals surface area (Å²) in [5.41, 5.74) is 4.28. The van der Waals surface area contributed by atoms with Gasteiger partial charge in [0.25, 0.3) is 5.69 Å². The highest BCUT2D eigenvalue weighted by molar-refractivity contribution is 5.94. The van der Waals surface area contributed by atoms with E-state index in [1.54, 1.807) is 6.07 Å². The molecule has 1 unspecified atom stereocenters. The standard InChI is InChI=1S/C20H21N7O2/c1-25(2)14-7-8-26(11-14)12-3-6-17-18(10-12)22-20(21-17)19-15-9-13(27(28)29)4-5-16(15)23-24-19/h3-6,9-10,14H,7-8,11H2,1-2H3,(H,21,22)(H,23,24). The lowest BCUT2D eigenvalue weighted by Crippen LogP contribution is -2.31. The van der Waals surface area contributed by atoms with Gasteiger partial charge in [0.2, 0.25) is 0 Å². The lowest BCUT2D eigenvalue weighted by atomic mass is 10.2. The molecule has 1 atom stereocenters. The fourth-order valence-electron chi connectivity index (χ4n) is 4.00. The van der Waals surface area contributed by atoms with Crippen molar-refractivity contribution >= 4 is 33.3 Å². The van der Waals surface area contributed by atoms with Crippen molar-refractivity contribution in [3.05, 3.63) is 46.5 Å². The molecule has 0 saturated carbocycles. The number of hydrogen-bond acceptors (Lipinski definition) is 6. The molecule has 0 aliphatic carbocycles. The number of H-pyrrole nitrogens is 2. The number of hydrogen-bond donors (Lipinski definition) is 2. The number of nitro benzene ring substituents is 1. The first-order valence-electron chi connectivity index (χ1n) is 9.53. The molecule has 5 rings (SSSR count). The van der Waals surface area contributed by atoms with E-state index in [0.29, 0.717) is 22.9 Å². The first-order chi connectivity index (χ1) is 14.0. The average molecular weight is 391 g/mol. The van der Waals surface area contributed by atoms with Gasteiger partial charge in [0, 0.05) is 42.3 Å². The number of aromatic amines is 2. The van der Waals surface area contributed by atoms with Gasteiger partial charge in [-0.3, -0.25) is 15.2 Å². The van der Waals surface area contributed by atoms with Crippen LogP contribution < -0.4 is 4.90 Å². The minimum Gasteiger partial charge on any atom is -0.370 e. The van der Waals surface area contributed by atoms with E-state index in [2.05, 4.69) is 56.2 Å². The zero-order valence-corrected chi connectivity index (χ0v) is 16.2. The molecule has 0 bridgehead atoms. The lowest BCUT2D eigenvalue weighted by molar-refractivity contribution is -0.384. The van der Waals surface area contributed by atoms with Crippen molar-refractivity contribution < 1.29 is 4.92 Å². The second-order valence-electron chi connectivity index (χ2n) is 7.70. The van der Waals surface area contributed by atoms with E-state index < -0.39 is 4.92 Å². The molecule has 3 heterocycles. The van der Waals surface area contributed by atoms with Gasteiger partial charge in [-0.05, 0) is 44.8 Å². The Kier molecular flexibility index (Phi) is 3.99. The number of rotatable bonds is 4.